The minimum absolute atomic E-state index is 0.310. The Morgan fingerprint density at radius 3 is 1.58 bits per heavy atom. The van der Waals surface area contributed by atoms with Gasteiger partial charge in [-0.1, -0.05) is 19.2 Å². The molecule has 0 atom stereocenters. The summed E-state index contributed by atoms with van der Waals surface area (Å²) in [5.74, 6) is -1.09. The van der Waals surface area contributed by atoms with Crippen molar-refractivity contribution in [3.63, 3.8) is 0 Å². The second kappa shape index (κ2) is 4.88. The van der Waals surface area contributed by atoms with Gasteiger partial charge in [0.05, 0.1) is 0 Å². The zero-order valence-electron chi connectivity index (χ0n) is 6.49. The largest absolute Gasteiger partial charge is 0.504 e. The molecule has 0 saturated heterocycles. The fraction of sp³-hybridized carbons (Fsp3) is 0. The number of rotatable bonds is 0. The first-order valence-electron chi connectivity index (χ1n) is 3.12. The van der Waals surface area contributed by atoms with Crippen LogP contribution in [0.5, 0.6) is 17.2 Å². The van der Waals surface area contributed by atoms with Crippen LogP contribution in [-0.2, 0) is 0 Å². The van der Waals surface area contributed by atoms with Gasteiger partial charge in [0.2, 0.25) is 0 Å². The molecule has 0 heterocycles. The number of phenols is 3. The number of hydrogen-bond acceptors (Lipinski definition) is 3. The molecule has 0 fully saturated rings. The second-order valence-electron chi connectivity index (χ2n) is 1.89. The first kappa shape index (κ1) is 10.1. The number of phenolic OH excluding ortho intramolecular Hbond substituents is 3. The Morgan fingerprint density at radius 1 is 1.00 bits per heavy atom. The predicted octanol–water partition coefficient (Wildman–Crippen LogP) is 1.76. The van der Waals surface area contributed by atoms with E-state index in [4.69, 9.17) is 15.3 Å². The predicted molar refractivity (Wildman–Crippen MR) is 46.2 cm³/mol. The lowest BCUT2D eigenvalue weighted by Gasteiger charge is -1.96. The summed E-state index contributed by atoms with van der Waals surface area (Å²) in [6.07, 6.45) is 0. The Morgan fingerprint density at radius 2 is 1.33 bits per heavy atom. The Bertz CT molecular complexity index is 266. The maximum Gasteiger partial charge on any atom is 0.200 e. The molecule has 12 heavy (non-hydrogen) atoms. The highest BCUT2D eigenvalue weighted by atomic mass is 16.3. The molecular formula is C9H10O3. The molecule has 0 unspecified atom stereocenters. The Kier molecular flexibility index (Phi) is 4.12. The Balaban J connectivity index is 0.000000354. The number of hydrogen-bond donors (Lipinski definition) is 3. The summed E-state index contributed by atoms with van der Waals surface area (Å²) in [4.78, 5) is 0. The number of aromatic hydroxyl groups is 3. The lowest BCUT2D eigenvalue weighted by Crippen LogP contribution is -1.67. The van der Waals surface area contributed by atoms with Crippen LogP contribution in [0.15, 0.2) is 37.1 Å². The zero-order valence-corrected chi connectivity index (χ0v) is 6.49. The van der Waals surface area contributed by atoms with Crippen LogP contribution < -0.4 is 0 Å². The monoisotopic (exact) mass is 166 g/mol. The summed E-state index contributed by atoms with van der Waals surface area (Å²) in [5.41, 5.74) is 2.25. The lowest BCUT2D eigenvalue weighted by molar-refractivity contribution is 0.368. The quantitative estimate of drug-likeness (QED) is 0.406. The van der Waals surface area contributed by atoms with E-state index in [2.05, 4.69) is 18.9 Å². The van der Waals surface area contributed by atoms with Gasteiger partial charge in [-0.2, -0.15) is 0 Å². The highest BCUT2D eigenvalue weighted by molar-refractivity contribution is 5.47. The third kappa shape index (κ3) is 2.82. The smallest absolute Gasteiger partial charge is 0.200 e. The van der Waals surface area contributed by atoms with Crippen molar-refractivity contribution in [3.8, 4) is 17.2 Å². The van der Waals surface area contributed by atoms with Gasteiger partial charge in [0, 0.05) is 0 Å². The van der Waals surface area contributed by atoms with Gasteiger partial charge in [-0.25, -0.2) is 0 Å². The molecule has 0 bridgehead atoms. The van der Waals surface area contributed by atoms with Crippen LogP contribution in [0.3, 0.4) is 0 Å². The highest BCUT2D eigenvalue weighted by Crippen LogP contribution is 2.32. The first-order chi connectivity index (χ1) is 5.63. The van der Waals surface area contributed by atoms with E-state index in [9.17, 15) is 0 Å². The second-order valence-corrected chi connectivity index (χ2v) is 1.89. The molecule has 1 aromatic rings. The summed E-state index contributed by atoms with van der Waals surface area (Å²) in [5, 5.41) is 26.1. The number of benzene rings is 1. The van der Waals surface area contributed by atoms with Gasteiger partial charge in [-0.3, -0.25) is 0 Å². The van der Waals surface area contributed by atoms with E-state index >= 15 is 0 Å². The van der Waals surface area contributed by atoms with Crippen LogP contribution in [-0.4, -0.2) is 15.3 Å². The molecule has 0 aliphatic rings. The van der Waals surface area contributed by atoms with Crippen LogP contribution in [0.25, 0.3) is 0 Å². The van der Waals surface area contributed by atoms with Crippen molar-refractivity contribution in [2.45, 2.75) is 0 Å². The van der Waals surface area contributed by atoms with E-state index in [0.717, 1.165) is 0 Å². The molecule has 0 aliphatic carbocycles. The van der Waals surface area contributed by atoms with E-state index in [-0.39, 0.29) is 11.5 Å². The van der Waals surface area contributed by atoms with E-state index in [1.807, 2.05) is 0 Å². The third-order valence-corrected chi connectivity index (χ3v) is 0.993. The molecule has 3 N–H and O–H groups in total. The van der Waals surface area contributed by atoms with Crippen LogP contribution in [0.2, 0.25) is 0 Å². The minimum Gasteiger partial charge on any atom is -0.504 e. The summed E-state index contributed by atoms with van der Waals surface area (Å²) in [7, 11) is 0. The molecule has 1 rings (SSSR count). The average Bonchev–Trinajstić information content (AvgIpc) is 2.02. The molecule has 0 radical (unpaired) electrons. The van der Waals surface area contributed by atoms with Crippen molar-refractivity contribution in [1.29, 1.82) is 0 Å². The van der Waals surface area contributed by atoms with Gasteiger partial charge in [-0.05, 0) is 12.1 Å². The van der Waals surface area contributed by atoms with Crippen LogP contribution in [0, 0.1) is 0 Å². The van der Waals surface area contributed by atoms with Gasteiger partial charge < -0.3 is 15.3 Å². The van der Waals surface area contributed by atoms with Gasteiger partial charge >= 0.3 is 0 Å². The molecule has 0 aliphatic heterocycles. The molecule has 0 amide bonds. The van der Waals surface area contributed by atoms with Gasteiger partial charge in [0.1, 0.15) is 0 Å². The normalized spacial score (nSPS) is 7.67. The van der Waals surface area contributed by atoms with Crippen molar-refractivity contribution in [2.24, 2.45) is 0 Å². The van der Waals surface area contributed by atoms with Crippen LogP contribution in [0.1, 0.15) is 0 Å². The van der Waals surface area contributed by atoms with E-state index in [1.54, 1.807) is 0 Å². The van der Waals surface area contributed by atoms with Crippen LogP contribution >= 0.6 is 0 Å². The van der Waals surface area contributed by atoms with Crippen molar-refractivity contribution in [1.82, 2.24) is 0 Å². The fourth-order valence-corrected chi connectivity index (χ4v) is 0.519. The maximum atomic E-state index is 8.71. The molecule has 0 saturated carbocycles. The molecule has 3 nitrogen and oxygen atoms in total. The van der Waals surface area contributed by atoms with Crippen molar-refractivity contribution in [2.75, 3.05) is 0 Å². The third-order valence-electron chi connectivity index (χ3n) is 0.993. The van der Waals surface area contributed by atoms with Gasteiger partial charge in [0.25, 0.3) is 0 Å². The topological polar surface area (TPSA) is 60.7 Å². The fourth-order valence-electron chi connectivity index (χ4n) is 0.519. The molecule has 0 aromatic heterocycles. The standard InChI is InChI=1S/C6H6O3.C3H4/c7-4-2-1-3-5(8)6(4)9;1-3-2/h1-3,7-9H;1-2H2. The molecule has 0 spiro atoms. The summed E-state index contributed by atoms with van der Waals surface area (Å²) in [6, 6.07) is 4.01. The highest BCUT2D eigenvalue weighted by Gasteiger charge is 2.00. The van der Waals surface area contributed by atoms with Crippen LogP contribution in [0.4, 0.5) is 0 Å². The van der Waals surface area contributed by atoms with Crippen molar-refractivity contribution in [3.05, 3.63) is 37.1 Å². The Labute approximate surface area is 70.5 Å². The van der Waals surface area contributed by atoms with Gasteiger partial charge in [-0.15, -0.1) is 5.73 Å². The summed E-state index contributed by atoms with van der Waals surface area (Å²) in [6.45, 7) is 6.25. The molecule has 1 aromatic carbocycles. The van der Waals surface area contributed by atoms with Crippen molar-refractivity contribution >= 4 is 0 Å². The molecular weight excluding hydrogens is 156 g/mol. The molecule has 3 heteroatoms. The van der Waals surface area contributed by atoms with E-state index < -0.39 is 5.75 Å². The van der Waals surface area contributed by atoms with Gasteiger partial charge in [0.15, 0.2) is 17.2 Å². The number of para-hydroxylation sites is 1. The SMILES string of the molecule is C=C=C.Oc1cccc(O)c1O. The Hall–Kier alpha value is -1.86. The van der Waals surface area contributed by atoms with E-state index in [0.29, 0.717) is 0 Å². The summed E-state index contributed by atoms with van der Waals surface area (Å²) >= 11 is 0. The zero-order chi connectivity index (χ0) is 9.56. The lowest BCUT2D eigenvalue weighted by atomic mass is 10.3. The summed E-state index contributed by atoms with van der Waals surface area (Å²) < 4.78 is 0. The van der Waals surface area contributed by atoms with E-state index in [1.165, 1.54) is 18.2 Å². The minimum atomic E-state index is -0.475. The average molecular weight is 166 g/mol. The maximum absolute atomic E-state index is 8.71. The first-order valence-corrected chi connectivity index (χ1v) is 3.12. The molecule has 64 valence electrons. The van der Waals surface area contributed by atoms with Crippen molar-refractivity contribution < 1.29 is 15.3 Å².